The van der Waals surface area contributed by atoms with Gasteiger partial charge in [-0.1, -0.05) is 33.6 Å². The Kier molecular flexibility index (Phi) is 8.81. The van der Waals surface area contributed by atoms with Gasteiger partial charge in [-0.2, -0.15) is 0 Å². The fraction of sp³-hybridized carbons (Fsp3) is 0.933. The molecule has 0 unspecified atom stereocenters. The van der Waals surface area contributed by atoms with Crippen LogP contribution in [0.3, 0.4) is 0 Å². The first-order valence-corrected chi connectivity index (χ1v) is 7.48. The number of hydrogen-bond acceptors (Lipinski definition) is 3. The third-order valence-electron chi connectivity index (χ3n) is 2.79. The van der Waals surface area contributed by atoms with Crippen molar-refractivity contribution in [2.75, 3.05) is 13.1 Å². The fourth-order valence-corrected chi connectivity index (χ4v) is 1.74. The Balaban J connectivity index is 0. The van der Waals surface area contributed by atoms with Crippen LogP contribution in [0.15, 0.2) is 0 Å². The van der Waals surface area contributed by atoms with E-state index in [1.807, 2.05) is 20.8 Å². The summed E-state index contributed by atoms with van der Waals surface area (Å²) in [4.78, 5) is 11.5. The van der Waals surface area contributed by atoms with Crippen LogP contribution in [-0.4, -0.2) is 30.8 Å². The largest absolute Gasteiger partial charge is 0.444 e. The molecule has 2 N–H and O–H groups in total. The molecule has 2 atom stereocenters. The number of hydrogen-bond donors (Lipinski definition) is 2. The van der Waals surface area contributed by atoms with E-state index in [0.717, 1.165) is 19.5 Å². The van der Waals surface area contributed by atoms with Gasteiger partial charge in [0.1, 0.15) is 5.60 Å². The lowest BCUT2D eigenvalue weighted by molar-refractivity contribution is 0.0491. The first-order chi connectivity index (χ1) is 8.78. The van der Waals surface area contributed by atoms with Gasteiger partial charge in [0.2, 0.25) is 0 Å². The van der Waals surface area contributed by atoms with E-state index in [0.29, 0.717) is 5.92 Å². The summed E-state index contributed by atoms with van der Waals surface area (Å²) in [6, 6.07) is 0.198. The second-order valence-electron chi connectivity index (χ2n) is 6.34. The molecule has 1 saturated heterocycles. The number of nitrogens with one attached hydrogen (secondary N) is 2. The number of amides is 1. The highest BCUT2D eigenvalue weighted by molar-refractivity contribution is 5.68. The van der Waals surface area contributed by atoms with Gasteiger partial charge >= 0.3 is 6.09 Å². The van der Waals surface area contributed by atoms with E-state index in [-0.39, 0.29) is 13.6 Å². The molecule has 0 aliphatic carbocycles. The van der Waals surface area contributed by atoms with Crippen molar-refractivity contribution in [2.24, 2.45) is 5.92 Å². The van der Waals surface area contributed by atoms with Crippen LogP contribution < -0.4 is 10.6 Å². The van der Waals surface area contributed by atoms with Crippen LogP contribution in [0.2, 0.25) is 0 Å². The van der Waals surface area contributed by atoms with E-state index in [1.54, 1.807) is 0 Å². The Morgan fingerprint density at radius 2 is 1.89 bits per heavy atom. The SMILES string of the molecule is CCCC.C[C@@H]1CNC[C@H](NC(=O)OC(C)(C)C)C1.[HH]. The van der Waals surface area contributed by atoms with Crippen molar-refractivity contribution in [1.29, 1.82) is 0 Å². The molecule has 4 heteroatoms. The first-order valence-electron chi connectivity index (χ1n) is 7.48. The van der Waals surface area contributed by atoms with Crippen LogP contribution >= 0.6 is 0 Å². The number of carbonyl (C=O) groups is 1. The molecule has 0 radical (unpaired) electrons. The molecule has 1 aliphatic heterocycles. The maximum absolute atomic E-state index is 11.5. The molecule has 0 aromatic heterocycles. The number of piperidine rings is 1. The molecule has 0 aromatic carbocycles. The smallest absolute Gasteiger partial charge is 0.407 e. The Morgan fingerprint density at radius 1 is 1.32 bits per heavy atom. The second-order valence-corrected chi connectivity index (χ2v) is 6.34. The minimum absolute atomic E-state index is 0. The van der Waals surface area contributed by atoms with Gasteiger partial charge in [0.05, 0.1) is 0 Å². The highest BCUT2D eigenvalue weighted by atomic mass is 16.6. The molecule has 0 saturated carbocycles. The Morgan fingerprint density at radius 3 is 2.32 bits per heavy atom. The molecule has 1 heterocycles. The first kappa shape index (κ1) is 18.2. The average molecular weight is 274 g/mol. The summed E-state index contributed by atoms with van der Waals surface area (Å²) < 4.78 is 5.20. The fourth-order valence-electron chi connectivity index (χ4n) is 1.74. The third-order valence-corrected chi connectivity index (χ3v) is 2.79. The van der Waals surface area contributed by atoms with Gasteiger partial charge < -0.3 is 15.4 Å². The van der Waals surface area contributed by atoms with Gasteiger partial charge in [-0.15, -0.1) is 0 Å². The zero-order chi connectivity index (χ0) is 14.9. The maximum atomic E-state index is 11.5. The average Bonchev–Trinajstić information content (AvgIpc) is 2.26. The van der Waals surface area contributed by atoms with E-state index in [9.17, 15) is 4.79 Å². The van der Waals surface area contributed by atoms with Crippen LogP contribution in [0.25, 0.3) is 0 Å². The number of ether oxygens (including phenoxy) is 1. The van der Waals surface area contributed by atoms with E-state index in [4.69, 9.17) is 4.74 Å². The van der Waals surface area contributed by atoms with Crippen LogP contribution in [0, 0.1) is 5.92 Å². The van der Waals surface area contributed by atoms with Crippen molar-refractivity contribution in [3.05, 3.63) is 0 Å². The van der Waals surface area contributed by atoms with Gasteiger partial charge in [0.15, 0.2) is 0 Å². The van der Waals surface area contributed by atoms with Crippen LogP contribution in [0.5, 0.6) is 0 Å². The minimum atomic E-state index is -0.419. The summed E-state index contributed by atoms with van der Waals surface area (Å²) in [5.41, 5.74) is -0.419. The summed E-state index contributed by atoms with van der Waals surface area (Å²) in [7, 11) is 0. The minimum Gasteiger partial charge on any atom is -0.444 e. The highest BCUT2D eigenvalue weighted by Crippen LogP contribution is 2.11. The van der Waals surface area contributed by atoms with Gasteiger partial charge in [0.25, 0.3) is 0 Å². The Labute approximate surface area is 120 Å². The predicted molar refractivity (Wildman–Crippen MR) is 82.5 cm³/mol. The summed E-state index contributed by atoms with van der Waals surface area (Å²) in [5, 5.41) is 6.16. The Bertz CT molecular complexity index is 253. The molecular weight excluding hydrogens is 240 g/mol. The standard InChI is InChI=1S/C11H22N2O2.C4H10.H2/c1-8-5-9(7-12-6-8)13-10(14)15-11(2,3)4;1-3-4-2;/h8-9,12H,5-7H2,1-4H3,(H,13,14);3-4H2,1-2H3;1H/t8-,9+;;/m0../s1. The van der Waals surface area contributed by atoms with Gasteiger partial charge in [-0.3, -0.25) is 0 Å². The lowest BCUT2D eigenvalue weighted by Crippen LogP contribution is -2.49. The van der Waals surface area contributed by atoms with Crippen LogP contribution in [0.4, 0.5) is 4.79 Å². The molecule has 1 aliphatic rings. The summed E-state index contributed by atoms with van der Waals surface area (Å²) >= 11 is 0. The zero-order valence-electron chi connectivity index (χ0n) is 13.5. The molecule has 1 rings (SSSR count). The molecule has 0 spiro atoms. The number of carbonyl (C=O) groups excluding carboxylic acids is 1. The van der Waals surface area contributed by atoms with Crippen molar-refractivity contribution in [3.8, 4) is 0 Å². The van der Waals surface area contributed by atoms with E-state index >= 15 is 0 Å². The molecule has 0 bridgehead atoms. The Hall–Kier alpha value is -0.770. The molecular formula is C15H34N2O2. The molecule has 0 aromatic rings. The van der Waals surface area contributed by atoms with Crippen molar-refractivity contribution in [3.63, 3.8) is 0 Å². The van der Waals surface area contributed by atoms with E-state index < -0.39 is 5.60 Å². The predicted octanol–water partition coefficient (Wildman–Crippen LogP) is 3.56. The van der Waals surface area contributed by atoms with Gasteiger partial charge in [-0.05, 0) is 39.7 Å². The van der Waals surface area contributed by atoms with Gasteiger partial charge in [-0.25, -0.2) is 4.79 Å². The van der Waals surface area contributed by atoms with E-state index in [2.05, 4.69) is 31.4 Å². The molecule has 1 amide bonds. The van der Waals surface area contributed by atoms with Crippen molar-refractivity contribution < 1.29 is 11.0 Å². The summed E-state index contributed by atoms with van der Waals surface area (Å²) in [5.74, 6) is 0.610. The summed E-state index contributed by atoms with van der Waals surface area (Å²) in [6.07, 6.45) is 3.34. The van der Waals surface area contributed by atoms with Crippen molar-refractivity contribution in [2.45, 2.75) is 72.4 Å². The molecule has 19 heavy (non-hydrogen) atoms. The van der Waals surface area contributed by atoms with Crippen molar-refractivity contribution >= 4 is 6.09 Å². The number of alkyl carbamates (subject to hydrolysis) is 1. The maximum Gasteiger partial charge on any atom is 0.407 e. The monoisotopic (exact) mass is 274 g/mol. The highest BCUT2D eigenvalue weighted by Gasteiger charge is 2.23. The van der Waals surface area contributed by atoms with Crippen molar-refractivity contribution in [1.82, 2.24) is 10.6 Å². The lowest BCUT2D eigenvalue weighted by atomic mass is 9.98. The second kappa shape index (κ2) is 9.18. The molecule has 4 nitrogen and oxygen atoms in total. The van der Waals surface area contributed by atoms with Crippen LogP contribution in [0.1, 0.15) is 62.2 Å². The molecule has 1 fully saturated rings. The molecule has 116 valence electrons. The topological polar surface area (TPSA) is 50.4 Å². The number of rotatable bonds is 2. The van der Waals surface area contributed by atoms with Gasteiger partial charge in [0, 0.05) is 14.0 Å². The zero-order valence-corrected chi connectivity index (χ0v) is 13.5. The lowest BCUT2D eigenvalue weighted by Gasteiger charge is -2.29. The quantitative estimate of drug-likeness (QED) is 0.809. The van der Waals surface area contributed by atoms with Crippen LogP contribution in [-0.2, 0) is 4.74 Å². The normalized spacial score (nSPS) is 23.1. The summed E-state index contributed by atoms with van der Waals surface area (Å²) in [6.45, 7) is 14.0. The number of unbranched alkanes of at least 4 members (excludes halogenated alkanes) is 1. The third kappa shape index (κ3) is 10.8. The van der Waals surface area contributed by atoms with E-state index in [1.165, 1.54) is 12.8 Å².